The maximum atomic E-state index is 13.0. The van der Waals surface area contributed by atoms with E-state index in [0.717, 1.165) is 70.6 Å². The molecule has 0 bridgehead atoms. The fourth-order valence-corrected chi connectivity index (χ4v) is 9.35. The van der Waals surface area contributed by atoms with Crippen LogP contribution >= 0.6 is 7.82 Å². The third-order valence-corrected chi connectivity index (χ3v) is 14.3. The number of amides is 1. The van der Waals surface area contributed by atoms with E-state index < -0.39 is 20.0 Å². The molecule has 1 amide bonds. The monoisotopic (exact) mass is 1040 g/mol. The number of hydrogen-bond donors (Lipinski definition) is 3. The molecule has 73 heavy (non-hydrogen) atoms. The van der Waals surface area contributed by atoms with Gasteiger partial charge in [0.25, 0.3) is 0 Å². The normalized spacial score (nSPS) is 14.5. The molecular weight excluding hydrogens is 924 g/mol. The van der Waals surface area contributed by atoms with E-state index >= 15 is 0 Å². The summed E-state index contributed by atoms with van der Waals surface area (Å²) in [4.78, 5) is 23.3. The van der Waals surface area contributed by atoms with Crippen molar-refractivity contribution in [2.75, 3.05) is 40.9 Å². The first-order valence-electron chi connectivity index (χ1n) is 30.5. The Labute approximate surface area is 452 Å². The number of phosphoric ester groups is 1. The zero-order valence-corrected chi connectivity index (χ0v) is 49.3. The molecule has 0 heterocycles. The molecule has 0 fully saturated rings. The van der Waals surface area contributed by atoms with Crippen LogP contribution < -0.4 is 5.32 Å². The van der Waals surface area contributed by atoms with Crippen molar-refractivity contribution in [1.82, 2.24) is 5.32 Å². The number of carbonyl (C=O) groups is 1. The van der Waals surface area contributed by atoms with E-state index in [1.54, 1.807) is 6.08 Å². The molecule has 424 valence electrons. The first-order valence-corrected chi connectivity index (χ1v) is 32.0. The molecule has 0 aliphatic carbocycles. The second kappa shape index (κ2) is 54.5. The van der Waals surface area contributed by atoms with Gasteiger partial charge in [0.2, 0.25) is 5.91 Å². The van der Waals surface area contributed by atoms with E-state index in [9.17, 15) is 19.4 Å². The minimum absolute atomic E-state index is 0.0524. The van der Waals surface area contributed by atoms with Crippen molar-refractivity contribution in [2.45, 2.75) is 276 Å². The Morgan fingerprint density at radius 2 is 0.836 bits per heavy atom. The highest BCUT2D eigenvalue weighted by molar-refractivity contribution is 7.47. The third kappa shape index (κ3) is 57.2. The van der Waals surface area contributed by atoms with E-state index in [1.165, 1.54) is 173 Å². The molecule has 3 atom stereocenters. The van der Waals surface area contributed by atoms with Gasteiger partial charge in [-0.15, -0.1) is 0 Å². The minimum Gasteiger partial charge on any atom is -0.387 e. The number of allylic oxidation sites excluding steroid dienone is 13. The van der Waals surface area contributed by atoms with Gasteiger partial charge in [0.1, 0.15) is 13.2 Å². The second-order valence-corrected chi connectivity index (χ2v) is 23.1. The molecule has 0 aromatic rings. The van der Waals surface area contributed by atoms with Gasteiger partial charge in [0.05, 0.1) is 39.9 Å². The van der Waals surface area contributed by atoms with E-state index in [1.807, 2.05) is 27.2 Å². The summed E-state index contributed by atoms with van der Waals surface area (Å²) in [6.45, 7) is 4.70. The predicted octanol–water partition coefficient (Wildman–Crippen LogP) is 18.8. The Morgan fingerprint density at radius 3 is 1.26 bits per heavy atom. The molecule has 0 rings (SSSR count). The molecule has 0 spiro atoms. The highest BCUT2D eigenvalue weighted by atomic mass is 31.2. The first kappa shape index (κ1) is 70.7. The molecule has 0 aliphatic rings. The van der Waals surface area contributed by atoms with Crippen molar-refractivity contribution in [3.63, 3.8) is 0 Å². The van der Waals surface area contributed by atoms with Gasteiger partial charge in [-0.2, -0.15) is 0 Å². The maximum absolute atomic E-state index is 13.0. The summed E-state index contributed by atoms with van der Waals surface area (Å²) in [6.07, 6.45) is 76.9. The molecule has 0 aliphatic heterocycles. The SMILES string of the molecule is CC/C=C\C/C=C\C/C=C\C/C=C\C/C=C\CCCCCCCCCCCCCC(=O)NC(COP(=O)(O)OCC[N+](C)(C)C)C(O)/C=C/CC/C=C/CCCCCCCCCCCCCCCCCCCC. The summed E-state index contributed by atoms with van der Waals surface area (Å²) in [5.41, 5.74) is 0. The topological polar surface area (TPSA) is 105 Å². The summed E-state index contributed by atoms with van der Waals surface area (Å²) in [5.74, 6) is -0.191. The standard InChI is InChI=1S/C64H117N2O6P/c1-6-8-10-12-14-16-18-20-22-24-26-28-30-32-33-34-36-38-40-42-44-46-48-50-52-54-56-58-64(68)65-62(61-72-73(69,70)71-60-59-66(3,4)5)63(67)57-55-53-51-49-47-45-43-41-39-37-35-31-29-27-25-23-21-19-17-15-13-11-9-7-2/h8,10,14,16,20,22,26,28,32-33,47,49,55,57,62-63,67H,6-7,9,11-13,15,17-19,21,23-25,27,29-31,34-46,48,50-54,56,58-61H2,1-5H3,(H-,65,68,69,70)/p+1/b10-8-,16-14-,22-20-,28-26-,33-32-,49-47+,57-55+. The van der Waals surface area contributed by atoms with E-state index in [4.69, 9.17) is 9.05 Å². The number of nitrogens with zero attached hydrogens (tertiary/aromatic N) is 1. The Morgan fingerprint density at radius 1 is 0.479 bits per heavy atom. The maximum Gasteiger partial charge on any atom is 0.472 e. The van der Waals surface area contributed by atoms with Crippen molar-refractivity contribution in [2.24, 2.45) is 0 Å². The molecule has 0 aromatic carbocycles. The molecule has 9 heteroatoms. The average molecular weight is 1040 g/mol. The van der Waals surface area contributed by atoms with Crippen LogP contribution in [0, 0.1) is 0 Å². The van der Waals surface area contributed by atoms with Gasteiger partial charge >= 0.3 is 7.82 Å². The number of rotatable bonds is 55. The number of aliphatic hydroxyl groups excluding tert-OH is 1. The van der Waals surface area contributed by atoms with E-state index in [-0.39, 0.29) is 19.1 Å². The van der Waals surface area contributed by atoms with Gasteiger partial charge in [-0.05, 0) is 77.0 Å². The molecule has 0 saturated carbocycles. The van der Waals surface area contributed by atoms with Crippen LogP contribution in [-0.2, 0) is 18.4 Å². The molecule has 8 nitrogen and oxygen atoms in total. The van der Waals surface area contributed by atoms with E-state index in [2.05, 4.69) is 92.1 Å². The third-order valence-electron chi connectivity index (χ3n) is 13.3. The lowest BCUT2D eigenvalue weighted by Crippen LogP contribution is -2.45. The average Bonchev–Trinajstić information content (AvgIpc) is 3.35. The summed E-state index contributed by atoms with van der Waals surface area (Å²) >= 11 is 0. The Balaban J connectivity index is 4.24. The molecule has 0 radical (unpaired) electrons. The predicted molar refractivity (Wildman–Crippen MR) is 318 cm³/mol. The minimum atomic E-state index is -4.36. The fraction of sp³-hybridized carbons (Fsp3) is 0.766. The van der Waals surface area contributed by atoms with Gasteiger partial charge in [-0.3, -0.25) is 13.8 Å². The van der Waals surface area contributed by atoms with Crippen LogP contribution in [0.5, 0.6) is 0 Å². The molecular formula is C64H118N2O6P+. The molecule has 0 saturated heterocycles. The lowest BCUT2D eigenvalue weighted by atomic mass is 10.0. The van der Waals surface area contributed by atoms with Crippen molar-refractivity contribution in [3.8, 4) is 0 Å². The molecule has 3 unspecified atom stereocenters. The quantitative estimate of drug-likeness (QED) is 0.0243. The van der Waals surface area contributed by atoms with Gasteiger partial charge in [0, 0.05) is 6.42 Å². The number of carbonyl (C=O) groups excluding carboxylic acids is 1. The van der Waals surface area contributed by atoms with Gasteiger partial charge in [0.15, 0.2) is 0 Å². The lowest BCUT2D eigenvalue weighted by molar-refractivity contribution is -0.870. The van der Waals surface area contributed by atoms with Crippen LogP contribution in [0.15, 0.2) is 85.1 Å². The van der Waals surface area contributed by atoms with Crippen LogP contribution in [0.3, 0.4) is 0 Å². The smallest absolute Gasteiger partial charge is 0.387 e. The fourth-order valence-electron chi connectivity index (χ4n) is 8.62. The second-order valence-electron chi connectivity index (χ2n) is 21.7. The number of quaternary nitrogens is 1. The van der Waals surface area contributed by atoms with Crippen LogP contribution in [0.2, 0.25) is 0 Å². The summed E-state index contributed by atoms with van der Waals surface area (Å²) in [7, 11) is 1.55. The first-order chi connectivity index (χ1) is 35.5. The lowest BCUT2D eigenvalue weighted by Gasteiger charge is -2.25. The van der Waals surface area contributed by atoms with Crippen molar-refractivity contribution in [1.29, 1.82) is 0 Å². The number of likely N-dealkylation sites (N-methyl/N-ethyl adjacent to an activating group) is 1. The van der Waals surface area contributed by atoms with Crippen molar-refractivity contribution in [3.05, 3.63) is 85.1 Å². The zero-order chi connectivity index (χ0) is 53.5. The number of phosphoric acid groups is 1. The van der Waals surface area contributed by atoms with E-state index in [0.29, 0.717) is 17.4 Å². The van der Waals surface area contributed by atoms with Gasteiger partial charge in [-0.1, -0.05) is 266 Å². The van der Waals surface area contributed by atoms with Crippen LogP contribution in [0.25, 0.3) is 0 Å². The number of nitrogens with one attached hydrogen (secondary N) is 1. The molecule has 3 N–H and O–H groups in total. The van der Waals surface area contributed by atoms with Gasteiger partial charge < -0.3 is 19.8 Å². The van der Waals surface area contributed by atoms with Crippen LogP contribution in [0.4, 0.5) is 0 Å². The summed E-state index contributed by atoms with van der Waals surface area (Å²) in [5, 5.41) is 13.9. The largest absolute Gasteiger partial charge is 0.472 e. The zero-order valence-electron chi connectivity index (χ0n) is 48.4. The summed E-state index contributed by atoms with van der Waals surface area (Å²) < 4.78 is 23.7. The van der Waals surface area contributed by atoms with Crippen molar-refractivity contribution >= 4 is 13.7 Å². The Bertz CT molecular complexity index is 1460. The highest BCUT2D eigenvalue weighted by Gasteiger charge is 2.27. The van der Waals surface area contributed by atoms with Crippen LogP contribution in [0.1, 0.15) is 264 Å². The summed E-state index contributed by atoms with van der Waals surface area (Å²) in [6, 6.07) is -0.871. The number of hydrogen-bond acceptors (Lipinski definition) is 5. The van der Waals surface area contributed by atoms with Crippen molar-refractivity contribution < 1.29 is 32.9 Å². The highest BCUT2D eigenvalue weighted by Crippen LogP contribution is 2.43. The molecule has 0 aromatic heterocycles. The van der Waals surface area contributed by atoms with Crippen LogP contribution in [-0.4, -0.2) is 73.4 Å². The number of unbranched alkanes of at least 4 members (excludes halogenated alkanes) is 30. The Hall–Kier alpha value is -2.32. The number of aliphatic hydroxyl groups is 1. The van der Waals surface area contributed by atoms with Gasteiger partial charge in [-0.25, -0.2) is 4.57 Å². The Kier molecular flexibility index (Phi) is 52.7.